The predicted molar refractivity (Wildman–Crippen MR) is 138 cm³/mol. The van der Waals surface area contributed by atoms with Gasteiger partial charge in [-0.1, -0.05) is 24.3 Å². The van der Waals surface area contributed by atoms with Crippen molar-refractivity contribution in [1.29, 1.82) is 0 Å². The molecule has 35 heavy (non-hydrogen) atoms. The van der Waals surface area contributed by atoms with E-state index in [4.69, 9.17) is 10.7 Å². The summed E-state index contributed by atoms with van der Waals surface area (Å²) in [5.74, 6) is 0.893. The summed E-state index contributed by atoms with van der Waals surface area (Å²) in [6.07, 6.45) is 5.61. The molecule has 7 heteroatoms. The molecule has 0 saturated carbocycles. The topological polar surface area (TPSA) is 82.0 Å². The normalized spacial score (nSPS) is 16.3. The minimum Gasteiger partial charge on any atom is -0.337 e. The molecule has 4 heterocycles. The number of hydrogen-bond donors (Lipinski definition) is 1. The van der Waals surface area contributed by atoms with Gasteiger partial charge in [0.1, 0.15) is 0 Å². The van der Waals surface area contributed by atoms with Crippen LogP contribution in [-0.4, -0.2) is 49.0 Å². The number of nitrogens with two attached hydrogens (primary N) is 1. The number of fused-ring (bicyclic) bond motifs is 2. The number of carbonyl (C=O) groups is 1. The molecule has 1 amide bonds. The van der Waals surface area contributed by atoms with Crippen molar-refractivity contribution in [2.75, 3.05) is 13.1 Å². The maximum absolute atomic E-state index is 13.2. The van der Waals surface area contributed by atoms with Crippen LogP contribution >= 0.6 is 0 Å². The Kier molecular flexibility index (Phi) is 5.34. The molecule has 0 unspecified atom stereocenters. The van der Waals surface area contributed by atoms with Crippen molar-refractivity contribution in [3.05, 3.63) is 84.2 Å². The zero-order chi connectivity index (χ0) is 23.9. The summed E-state index contributed by atoms with van der Waals surface area (Å²) in [5, 5.41) is 1.16. The Bertz CT molecular complexity index is 1530. The lowest BCUT2D eigenvalue weighted by Crippen LogP contribution is -2.45. The molecule has 1 fully saturated rings. The molecule has 2 aromatic carbocycles. The number of rotatable bonds is 4. The standard InChI is InChI=1S/C28H28N6O/c1-32-25-11-10-21(28(35)33-13-5-8-22(29)18-33)14-23(25)31-27(32)26-15-20-7-2-3-9-24(20)34(26)17-19-6-4-12-30-16-19/h2-4,6-7,9-12,14-16,22H,5,8,13,17-18,29H2,1H3/t22-/m1/s1. The van der Waals surface area contributed by atoms with E-state index in [1.165, 1.54) is 0 Å². The second kappa shape index (κ2) is 8.67. The summed E-state index contributed by atoms with van der Waals surface area (Å²) < 4.78 is 4.39. The fourth-order valence-electron chi connectivity index (χ4n) is 5.18. The molecule has 6 rings (SSSR count). The lowest BCUT2D eigenvalue weighted by molar-refractivity contribution is 0.0709. The van der Waals surface area contributed by atoms with Gasteiger partial charge in [0.25, 0.3) is 5.91 Å². The summed E-state index contributed by atoms with van der Waals surface area (Å²) in [5.41, 5.74) is 11.9. The van der Waals surface area contributed by atoms with E-state index < -0.39 is 0 Å². The van der Waals surface area contributed by atoms with Crippen LogP contribution in [0.2, 0.25) is 0 Å². The van der Waals surface area contributed by atoms with E-state index in [2.05, 4.69) is 50.5 Å². The van der Waals surface area contributed by atoms with Crippen LogP contribution in [0.25, 0.3) is 33.5 Å². The number of imidazole rings is 1. The fraction of sp³-hybridized carbons (Fsp3) is 0.250. The van der Waals surface area contributed by atoms with Crippen LogP contribution in [0.1, 0.15) is 28.8 Å². The van der Waals surface area contributed by atoms with Crippen LogP contribution in [0.15, 0.2) is 73.1 Å². The third-order valence-corrected chi connectivity index (χ3v) is 6.98. The van der Waals surface area contributed by atoms with E-state index in [1.54, 1.807) is 6.20 Å². The molecule has 5 aromatic rings. The number of likely N-dealkylation sites (tertiary alicyclic amines) is 1. The highest BCUT2D eigenvalue weighted by molar-refractivity contribution is 5.98. The smallest absolute Gasteiger partial charge is 0.253 e. The van der Waals surface area contributed by atoms with Crippen molar-refractivity contribution in [1.82, 2.24) is 24.0 Å². The van der Waals surface area contributed by atoms with Gasteiger partial charge in [0.05, 0.1) is 16.7 Å². The number of piperidine rings is 1. The second-order valence-corrected chi connectivity index (χ2v) is 9.39. The molecular formula is C28H28N6O. The number of aromatic nitrogens is 4. The number of benzene rings is 2. The molecule has 0 spiro atoms. The lowest BCUT2D eigenvalue weighted by atomic mass is 10.1. The van der Waals surface area contributed by atoms with Gasteiger partial charge in [0.2, 0.25) is 0 Å². The highest BCUT2D eigenvalue weighted by atomic mass is 16.2. The van der Waals surface area contributed by atoms with Gasteiger partial charge >= 0.3 is 0 Å². The zero-order valence-electron chi connectivity index (χ0n) is 19.8. The third kappa shape index (κ3) is 3.88. The van der Waals surface area contributed by atoms with Crippen LogP contribution in [0.4, 0.5) is 0 Å². The third-order valence-electron chi connectivity index (χ3n) is 6.98. The molecule has 1 atom stereocenters. The molecule has 176 valence electrons. The van der Waals surface area contributed by atoms with E-state index in [1.807, 2.05) is 42.4 Å². The first-order chi connectivity index (χ1) is 17.1. The molecule has 0 radical (unpaired) electrons. The minimum absolute atomic E-state index is 0.0277. The van der Waals surface area contributed by atoms with Crippen LogP contribution in [0.3, 0.4) is 0 Å². The summed E-state index contributed by atoms with van der Waals surface area (Å²) in [7, 11) is 2.03. The number of aryl methyl sites for hydroxylation is 1. The van der Waals surface area contributed by atoms with Gasteiger partial charge in [-0.3, -0.25) is 9.78 Å². The Morgan fingerprint density at radius 3 is 2.80 bits per heavy atom. The van der Waals surface area contributed by atoms with Gasteiger partial charge < -0.3 is 19.8 Å². The van der Waals surface area contributed by atoms with Crippen molar-refractivity contribution in [3.63, 3.8) is 0 Å². The minimum atomic E-state index is 0.0277. The number of nitrogens with zero attached hydrogens (tertiary/aromatic N) is 5. The van der Waals surface area contributed by atoms with Crippen molar-refractivity contribution < 1.29 is 4.79 Å². The maximum atomic E-state index is 13.2. The van der Waals surface area contributed by atoms with Gasteiger partial charge in [-0.2, -0.15) is 0 Å². The maximum Gasteiger partial charge on any atom is 0.253 e. The molecule has 1 saturated heterocycles. The van der Waals surface area contributed by atoms with Crippen LogP contribution in [0, 0.1) is 0 Å². The Balaban J connectivity index is 1.43. The zero-order valence-corrected chi connectivity index (χ0v) is 19.8. The van der Waals surface area contributed by atoms with E-state index in [9.17, 15) is 4.79 Å². The quantitative estimate of drug-likeness (QED) is 0.432. The molecule has 0 bridgehead atoms. The van der Waals surface area contributed by atoms with Gasteiger partial charge in [-0.15, -0.1) is 0 Å². The highest BCUT2D eigenvalue weighted by Crippen LogP contribution is 2.31. The van der Waals surface area contributed by atoms with Crippen LogP contribution in [0.5, 0.6) is 0 Å². The average molecular weight is 465 g/mol. The first-order valence-electron chi connectivity index (χ1n) is 12.1. The number of para-hydroxylation sites is 1. The van der Waals surface area contributed by atoms with Crippen LogP contribution < -0.4 is 5.73 Å². The summed E-state index contributed by atoms with van der Waals surface area (Å²) in [6.45, 7) is 2.06. The molecule has 1 aliphatic rings. The highest BCUT2D eigenvalue weighted by Gasteiger charge is 2.23. The molecule has 1 aliphatic heterocycles. The Morgan fingerprint density at radius 2 is 1.97 bits per heavy atom. The average Bonchev–Trinajstić information content (AvgIpc) is 3.41. The Labute approximate surface area is 203 Å². The van der Waals surface area contributed by atoms with Gasteiger partial charge in [0, 0.05) is 61.6 Å². The van der Waals surface area contributed by atoms with Crippen molar-refractivity contribution >= 4 is 27.8 Å². The first kappa shape index (κ1) is 21.6. The number of pyridine rings is 1. The molecule has 0 aliphatic carbocycles. The monoisotopic (exact) mass is 464 g/mol. The first-order valence-corrected chi connectivity index (χ1v) is 12.1. The van der Waals surface area contributed by atoms with Gasteiger partial charge in [-0.25, -0.2) is 4.98 Å². The van der Waals surface area contributed by atoms with E-state index >= 15 is 0 Å². The number of carbonyl (C=O) groups excluding carboxylic acids is 1. The van der Waals surface area contributed by atoms with E-state index in [-0.39, 0.29) is 11.9 Å². The SMILES string of the molecule is Cn1c(-c2cc3ccccc3n2Cc2cccnc2)nc2cc(C(=O)N3CCC[C@@H](N)C3)ccc21. The summed E-state index contributed by atoms with van der Waals surface area (Å²) in [6, 6.07) is 20.5. The van der Waals surface area contributed by atoms with Gasteiger partial charge in [-0.05, 0) is 54.8 Å². The molecule has 3 aromatic heterocycles. The Hall–Kier alpha value is -3.97. The molecular weight excluding hydrogens is 436 g/mol. The van der Waals surface area contributed by atoms with Crippen LogP contribution in [-0.2, 0) is 13.6 Å². The van der Waals surface area contributed by atoms with Gasteiger partial charge in [0.15, 0.2) is 5.82 Å². The molecule has 2 N–H and O–H groups in total. The largest absolute Gasteiger partial charge is 0.337 e. The molecule has 7 nitrogen and oxygen atoms in total. The fourth-order valence-corrected chi connectivity index (χ4v) is 5.18. The second-order valence-electron chi connectivity index (χ2n) is 9.39. The van der Waals surface area contributed by atoms with E-state index in [0.717, 1.165) is 58.4 Å². The predicted octanol–water partition coefficient (Wildman–Crippen LogP) is 4.20. The van der Waals surface area contributed by atoms with Crippen molar-refractivity contribution in [2.45, 2.75) is 25.4 Å². The summed E-state index contributed by atoms with van der Waals surface area (Å²) in [4.78, 5) is 24.3. The number of amides is 1. The van der Waals surface area contributed by atoms with Crippen molar-refractivity contribution in [3.8, 4) is 11.5 Å². The Morgan fingerprint density at radius 1 is 1.09 bits per heavy atom. The summed E-state index contributed by atoms with van der Waals surface area (Å²) >= 11 is 0. The van der Waals surface area contributed by atoms with E-state index in [0.29, 0.717) is 18.7 Å². The number of hydrogen-bond acceptors (Lipinski definition) is 4. The van der Waals surface area contributed by atoms with Crippen molar-refractivity contribution in [2.24, 2.45) is 12.8 Å². The lowest BCUT2D eigenvalue weighted by Gasteiger charge is -2.30.